The Morgan fingerprint density at radius 3 is 2.84 bits per heavy atom. The van der Waals surface area contributed by atoms with Crippen molar-refractivity contribution in [3.8, 4) is 5.75 Å². The largest absolute Gasteiger partial charge is 0.494 e. The number of hydrogen-bond acceptors (Lipinski definition) is 5. The fourth-order valence-electron chi connectivity index (χ4n) is 2.77. The van der Waals surface area contributed by atoms with E-state index in [0.717, 1.165) is 11.6 Å². The number of benzene rings is 1. The van der Waals surface area contributed by atoms with Gasteiger partial charge in [-0.2, -0.15) is 4.31 Å². The molecule has 1 fully saturated rings. The third kappa shape index (κ3) is 3.92. The summed E-state index contributed by atoms with van der Waals surface area (Å²) in [5.41, 5.74) is 0.808. The Morgan fingerprint density at radius 1 is 1.36 bits per heavy atom. The van der Waals surface area contributed by atoms with Gasteiger partial charge in [0.1, 0.15) is 0 Å². The number of rotatable bonds is 4. The third-order valence-electron chi connectivity index (χ3n) is 3.99. The highest BCUT2D eigenvalue weighted by molar-refractivity contribution is 7.89. The zero-order valence-corrected chi connectivity index (χ0v) is 15.2. The van der Waals surface area contributed by atoms with Crippen molar-refractivity contribution in [3.05, 3.63) is 54.1 Å². The van der Waals surface area contributed by atoms with Crippen LogP contribution in [-0.4, -0.2) is 44.5 Å². The molecule has 2 aromatic rings. The zero-order valence-electron chi connectivity index (χ0n) is 13.6. The predicted octanol–water partition coefficient (Wildman–Crippen LogP) is 1.99. The van der Waals surface area contributed by atoms with E-state index in [1.807, 2.05) is 6.07 Å². The average Bonchev–Trinajstić information content (AvgIpc) is 2.62. The lowest BCUT2D eigenvalue weighted by Crippen LogP contribution is -2.48. The molecule has 1 atom stereocenters. The number of piperazine rings is 1. The Balaban J connectivity index is 0.00000225. The lowest BCUT2D eigenvalue weighted by molar-refractivity contribution is 0.271. The van der Waals surface area contributed by atoms with Gasteiger partial charge in [-0.1, -0.05) is 6.07 Å². The molecular weight excluding hydrogens is 369 g/mol. The summed E-state index contributed by atoms with van der Waals surface area (Å²) in [5.74, 6) is -0.690. The number of nitrogens with one attached hydrogen (secondary N) is 1. The molecular formula is C16H19ClFN3O3S. The van der Waals surface area contributed by atoms with Crippen LogP contribution in [0.25, 0.3) is 0 Å². The molecule has 1 aliphatic rings. The minimum absolute atomic E-state index is 0. The van der Waals surface area contributed by atoms with Gasteiger partial charge < -0.3 is 10.1 Å². The minimum Gasteiger partial charge on any atom is -0.494 e. The summed E-state index contributed by atoms with van der Waals surface area (Å²) < 4.78 is 46.0. The molecule has 0 saturated carbocycles. The summed E-state index contributed by atoms with van der Waals surface area (Å²) in [4.78, 5) is 4.08. The first-order valence-corrected chi connectivity index (χ1v) is 8.94. The molecule has 1 aliphatic heterocycles. The molecule has 2 heterocycles. The van der Waals surface area contributed by atoms with Crippen molar-refractivity contribution in [3.63, 3.8) is 0 Å². The first-order valence-electron chi connectivity index (χ1n) is 7.50. The third-order valence-corrected chi connectivity index (χ3v) is 5.90. The summed E-state index contributed by atoms with van der Waals surface area (Å²) >= 11 is 0. The number of sulfonamides is 1. The molecule has 9 heteroatoms. The lowest BCUT2D eigenvalue weighted by atomic mass is 10.1. The second-order valence-corrected chi connectivity index (χ2v) is 7.31. The van der Waals surface area contributed by atoms with Gasteiger partial charge in [-0.05, 0) is 23.8 Å². The molecule has 25 heavy (non-hydrogen) atoms. The Bertz CT molecular complexity index is 821. The van der Waals surface area contributed by atoms with Crippen LogP contribution in [0.15, 0.2) is 47.6 Å². The molecule has 0 radical (unpaired) electrons. The van der Waals surface area contributed by atoms with Crippen molar-refractivity contribution in [1.29, 1.82) is 0 Å². The summed E-state index contributed by atoms with van der Waals surface area (Å²) in [6.07, 6.45) is 3.30. The number of nitrogens with zero attached hydrogens (tertiary/aromatic N) is 2. The Labute approximate surface area is 152 Å². The molecule has 136 valence electrons. The van der Waals surface area contributed by atoms with Crippen LogP contribution in [-0.2, 0) is 10.0 Å². The fourth-order valence-corrected chi connectivity index (χ4v) is 4.40. The Hall–Kier alpha value is -1.74. The second-order valence-electron chi connectivity index (χ2n) is 5.42. The highest BCUT2D eigenvalue weighted by Gasteiger charge is 2.34. The van der Waals surface area contributed by atoms with Crippen molar-refractivity contribution in [2.24, 2.45) is 0 Å². The Kier molecular flexibility index (Phi) is 6.34. The van der Waals surface area contributed by atoms with Crippen molar-refractivity contribution < 1.29 is 17.5 Å². The minimum atomic E-state index is -3.79. The van der Waals surface area contributed by atoms with Crippen LogP contribution in [0, 0.1) is 5.82 Å². The van der Waals surface area contributed by atoms with E-state index in [1.165, 1.54) is 23.5 Å². The van der Waals surface area contributed by atoms with Gasteiger partial charge in [-0.15, -0.1) is 12.4 Å². The maximum absolute atomic E-state index is 13.6. The molecule has 6 nitrogen and oxygen atoms in total. The summed E-state index contributed by atoms with van der Waals surface area (Å²) in [5, 5.41) is 3.20. The molecule has 1 N–H and O–H groups in total. The number of ether oxygens (including phenoxy) is 1. The summed E-state index contributed by atoms with van der Waals surface area (Å²) in [7, 11) is -2.49. The Morgan fingerprint density at radius 2 is 2.16 bits per heavy atom. The molecule has 0 bridgehead atoms. The van der Waals surface area contributed by atoms with Crippen molar-refractivity contribution in [1.82, 2.24) is 14.6 Å². The van der Waals surface area contributed by atoms with E-state index in [-0.39, 0.29) is 29.1 Å². The first-order chi connectivity index (χ1) is 11.5. The highest BCUT2D eigenvalue weighted by Crippen LogP contribution is 2.30. The van der Waals surface area contributed by atoms with Gasteiger partial charge in [0.15, 0.2) is 11.6 Å². The number of hydrogen-bond donors (Lipinski definition) is 1. The van der Waals surface area contributed by atoms with Crippen molar-refractivity contribution in [2.75, 3.05) is 26.7 Å². The van der Waals surface area contributed by atoms with Gasteiger partial charge >= 0.3 is 0 Å². The smallest absolute Gasteiger partial charge is 0.243 e. The van der Waals surface area contributed by atoms with Crippen molar-refractivity contribution in [2.45, 2.75) is 10.9 Å². The summed E-state index contributed by atoms with van der Waals surface area (Å²) in [6.45, 7) is 1.36. The molecule has 0 spiro atoms. The number of methoxy groups -OCH3 is 1. The van der Waals surface area contributed by atoms with Crippen LogP contribution in [0.2, 0.25) is 0 Å². The zero-order chi connectivity index (χ0) is 17.2. The molecule has 1 aromatic carbocycles. The van der Waals surface area contributed by atoms with Crippen LogP contribution < -0.4 is 10.1 Å². The molecule has 0 aliphatic carbocycles. The fraction of sp³-hybridized carbons (Fsp3) is 0.312. The van der Waals surface area contributed by atoms with E-state index >= 15 is 0 Å². The van der Waals surface area contributed by atoms with E-state index in [1.54, 1.807) is 18.5 Å². The van der Waals surface area contributed by atoms with E-state index < -0.39 is 15.8 Å². The van der Waals surface area contributed by atoms with E-state index in [2.05, 4.69) is 10.3 Å². The molecule has 0 amide bonds. The lowest BCUT2D eigenvalue weighted by Gasteiger charge is -2.35. The molecule has 1 saturated heterocycles. The van der Waals surface area contributed by atoms with E-state index in [0.29, 0.717) is 19.6 Å². The van der Waals surface area contributed by atoms with Crippen molar-refractivity contribution >= 4 is 22.4 Å². The topological polar surface area (TPSA) is 71.5 Å². The van der Waals surface area contributed by atoms with Gasteiger partial charge in [0.2, 0.25) is 10.0 Å². The second kappa shape index (κ2) is 8.09. The number of aromatic nitrogens is 1. The standard InChI is InChI=1S/C16H18FN3O3S.ClH/c1-23-16-9-13(4-5-14(16)17)24(21,22)20-8-7-19-11-15(20)12-3-2-6-18-10-12;/h2-6,9-10,15,19H,7-8,11H2,1H3;1H. The van der Waals surface area contributed by atoms with Crippen LogP contribution >= 0.6 is 12.4 Å². The van der Waals surface area contributed by atoms with Gasteiger partial charge in [-0.25, -0.2) is 12.8 Å². The average molecular weight is 388 g/mol. The molecule has 1 unspecified atom stereocenters. The predicted molar refractivity (Wildman–Crippen MR) is 93.9 cm³/mol. The maximum atomic E-state index is 13.6. The van der Waals surface area contributed by atoms with Gasteiger partial charge in [0, 0.05) is 38.1 Å². The van der Waals surface area contributed by atoms with Crippen LogP contribution in [0.5, 0.6) is 5.75 Å². The van der Waals surface area contributed by atoms with Crippen LogP contribution in [0.4, 0.5) is 4.39 Å². The van der Waals surface area contributed by atoms with E-state index in [9.17, 15) is 12.8 Å². The quantitative estimate of drug-likeness (QED) is 0.868. The van der Waals surface area contributed by atoms with Gasteiger partial charge in [-0.3, -0.25) is 4.98 Å². The highest BCUT2D eigenvalue weighted by atomic mass is 35.5. The number of halogens is 2. The first kappa shape index (κ1) is 19.6. The van der Waals surface area contributed by atoms with Gasteiger partial charge in [0.05, 0.1) is 18.0 Å². The van der Waals surface area contributed by atoms with E-state index in [4.69, 9.17) is 4.74 Å². The normalized spacial score (nSPS) is 18.4. The van der Waals surface area contributed by atoms with Crippen LogP contribution in [0.3, 0.4) is 0 Å². The maximum Gasteiger partial charge on any atom is 0.243 e. The number of pyridine rings is 1. The SMILES string of the molecule is COc1cc(S(=O)(=O)N2CCNCC2c2cccnc2)ccc1F.Cl. The summed E-state index contributed by atoms with van der Waals surface area (Å²) in [6, 6.07) is 6.83. The van der Waals surface area contributed by atoms with Gasteiger partial charge in [0.25, 0.3) is 0 Å². The van der Waals surface area contributed by atoms with Crippen LogP contribution in [0.1, 0.15) is 11.6 Å². The molecule has 3 rings (SSSR count). The molecule has 1 aromatic heterocycles. The monoisotopic (exact) mass is 387 g/mol.